The monoisotopic (exact) mass is 182 g/mol. The van der Waals surface area contributed by atoms with E-state index in [0.29, 0.717) is 0 Å². The van der Waals surface area contributed by atoms with Crippen LogP contribution in [0.1, 0.15) is 27.7 Å². The minimum absolute atomic E-state index is 0.0464. The van der Waals surface area contributed by atoms with Gasteiger partial charge in [0.25, 0.3) is 0 Å². The van der Waals surface area contributed by atoms with Crippen molar-refractivity contribution in [1.29, 1.82) is 0 Å². The van der Waals surface area contributed by atoms with Crippen molar-refractivity contribution in [3.8, 4) is 0 Å². The van der Waals surface area contributed by atoms with Gasteiger partial charge in [0, 0.05) is 0 Å². The van der Waals surface area contributed by atoms with Crippen molar-refractivity contribution >= 4 is 9.03 Å². The Morgan fingerprint density at radius 2 is 1.18 bits per heavy atom. The fourth-order valence-electron chi connectivity index (χ4n) is 0.246. The van der Waals surface area contributed by atoms with Gasteiger partial charge in [-0.05, 0) is 27.7 Å². The maximum Gasteiger partial charge on any atom is 0.231 e. The van der Waals surface area contributed by atoms with Crippen LogP contribution in [-0.4, -0.2) is 12.2 Å². The lowest BCUT2D eigenvalue weighted by atomic mass is 10.5. The van der Waals surface area contributed by atoms with Gasteiger partial charge in [0.1, 0.15) is 0 Å². The summed E-state index contributed by atoms with van der Waals surface area (Å²) in [6.07, 6.45) is 0.0929. The molecule has 0 heterocycles. The van der Waals surface area contributed by atoms with E-state index in [0.717, 1.165) is 0 Å². The molecule has 0 aliphatic rings. The summed E-state index contributed by atoms with van der Waals surface area (Å²) in [5.41, 5.74) is 0. The Bertz CT molecular complexity index is 76.7. The molecule has 0 atom stereocenters. The Kier molecular flexibility index (Phi) is 7.12. The summed E-state index contributed by atoms with van der Waals surface area (Å²) in [7, 11) is -0.227. The predicted octanol–water partition coefficient (Wildman–Crippen LogP) is 2.21. The molecule has 0 saturated heterocycles. The van der Waals surface area contributed by atoms with Crippen LogP contribution < -0.4 is 0 Å². The molecule has 68 valence electrons. The molecule has 0 saturated carbocycles. The SMILES string of the molecule is CC(C)OOPOOC(C)C. The average molecular weight is 182 g/mol. The lowest BCUT2D eigenvalue weighted by Gasteiger charge is -2.07. The van der Waals surface area contributed by atoms with Crippen molar-refractivity contribution < 1.29 is 19.1 Å². The van der Waals surface area contributed by atoms with E-state index in [2.05, 4.69) is 9.35 Å². The Hall–Kier alpha value is 0.270. The highest BCUT2D eigenvalue weighted by Gasteiger charge is 1.96. The van der Waals surface area contributed by atoms with Gasteiger partial charge >= 0.3 is 0 Å². The van der Waals surface area contributed by atoms with Crippen LogP contribution in [0.15, 0.2) is 0 Å². The van der Waals surface area contributed by atoms with Crippen molar-refractivity contribution in [2.24, 2.45) is 0 Å². The van der Waals surface area contributed by atoms with E-state index in [-0.39, 0.29) is 21.2 Å². The molecule has 0 unspecified atom stereocenters. The van der Waals surface area contributed by atoms with Crippen LogP contribution in [0, 0.1) is 0 Å². The molecule has 0 rings (SSSR count). The van der Waals surface area contributed by atoms with E-state index in [1.807, 2.05) is 27.7 Å². The van der Waals surface area contributed by atoms with E-state index < -0.39 is 0 Å². The van der Waals surface area contributed by atoms with E-state index in [9.17, 15) is 0 Å². The quantitative estimate of drug-likeness (QED) is 0.273. The van der Waals surface area contributed by atoms with E-state index in [4.69, 9.17) is 9.78 Å². The van der Waals surface area contributed by atoms with Gasteiger partial charge in [0.2, 0.25) is 9.03 Å². The van der Waals surface area contributed by atoms with Crippen LogP contribution in [0.4, 0.5) is 0 Å². The van der Waals surface area contributed by atoms with E-state index in [1.54, 1.807) is 0 Å². The van der Waals surface area contributed by atoms with Gasteiger partial charge in [-0.1, -0.05) is 0 Å². The summed E-state index contributed by atoms with van der Waals surface area (Å²) in [4.78, 5) is 9.46. The largest absolute Gasteiger partial charge is 0.231 e. The second kappa shape index (κ2) is 6.95. The third kappa shape index (κ3) is 10.3. The summed E-state index contributed by atoms with van der Waals surface area (Å²) in [5.74, 6) is 0. The first-order valence-corrected chi connectivity index (χ1v) is 4.34. The zero-order chi connectivity index (χ0) is 8.69. The first-order valence-electron chi connectivity index (χ1n) is 3.52. The topological polar surface area (TPSA) is 36.9 Å². The Labute approximate surface area is 69.0 Å². The second-order valence-electron chi connectivity index (χ2n) is 2.54. The molecule has 0 radical (unpaired) electrons. The van der Waals surface area contributed by atoms with Crippen molar-refractivity contribution in [3.63, 3.8) is 0 Å². The van der Waals surface area contributed by atoms with Gasteiger partial charge in [0.15, 0.2) is 0 Å². The third-order valence-electron chi connectivity index (χ3n) is 0.549. The molecular weight excluding hydrogens is 167 g/mol. The van der Waals surface area contributed by atoms with Gasteiger partial charge in [-0.3, -0.25) is 0 Å². The van der Waals surface area contributed by atoms with Gasteiger partial charge in [-0.2, -0.15) is 9.35 Å². The fourth-order valence-corrected chi connectivity index (χ4v) is 0.737. The van der Waals surface area contributed by atoms with Crippen LogP contribution in [0.5, 0.6) is 0 Å². The molecule has 0 aromatic carbocycles. The van der Waals surface area contributed by atoms with Gasteiger partial charge in [0.05, 0.1) is 12.2 Å². The smallest absolute Gasteiger partial charge is 0.228 e. The minimum Gasteiger partial charge on any atom is -0.228 e. The zero-order valence-corrected chi connectivity index (χ0v) is 8.29. The van der Waals surface area contributed by atoms with Crippen LogP contribution in [0.3, 0.4) is 0 Å². The maximum absolute atomic E-state index is 4.73. The summed E-state index contributed by atoms with van der Waals surface area (Å²) in [5, 5.41) is 0. The van der Waals surface area contributed by atoms with Gasteiger partial charge in [-0.15, -0.1) is 0 Å². The summed E-state index contributed by atoms with van der Waals surface area (Å²) in [6, 6.07) is 0. The number of hydrogen-bond donors (Lipinski definition) is 0. The molecule has 4 nitrogen and oxygen atoms in total. The summed E-state index contributed by atoms with van der Waals surface area (Å²) < 4.78 is 9.25. The number of rotatable bonds is 6. The first-order chi connectivity index (χ1) is 5.13. The summed E-state index contributed by atoms with van der Waals surface area (Å²) in [6.45, 7) is 7.48. The van der Waals surface area contributed by atoms with E-state index >= 15 is 0 Å². The normalized spacial score (nSPS) is 11.5. The highest BCUT2D eigenvalue weighted by molar-refractivity contribution is 7.25. The highest BCUT2D eigenvalue weighted by atomic mass is 31.1. The predicted molar refractivity (Wildman–Crippen MR) is 42.9 cm³/mol. The molecule has 0 aromatic rings. The molecule has 0 bridgehead atoms. The molecule has 0 aromatic heterocycles. The van der Waals surface area contributed by atoms with Crippen molar-refractivity contribution in [2.45, 2.75) is 39.9 Å². The van der Waals surface area contributed by atoms with Crippen LogP contribution >= 0.6 is 9.03 Å². The Balaban J connectivity index is 2.91. The van der Waals surface area contributed by atoms with Crippen molar-refractivity contribution in [2.75, 3.05) is 0 Å². The van der Waals surface area contributed by atoms with Gasteiger partial charge < -0.3 is 0 Å². The minimum atomic E-state index is -0.227. The summed E-state index contributed by atoms with van der Waals surface area (Å²) >= 11 is 0. The molecule has 0 N–H and O–H groups in total. The number of hydrogen-bond acceptors (Lipinski definition) is 4. The molecule has 5 heteroatoms. The van der Waals surface area contributed by atoms with Crippen LogP contribution in [-0.2, 0) is 19.1 Å². The second-order valence-corrected chi connectivity index (χ2v) is 3.04. The lowest BCUT2D eigenvalue weighted by Crippen LogP contribution is -2.01. The Morgan fingerprint density at radius 3 is 1.45 bits per heavy atom. The van der Waals surface area contributed by atoms with Gasteiger partial charge in [-0.25, -0.2) is 9.78 Å². The first kappa shape index (κ1) is 11.3. The van der Waals surface area contributed by atoms with Crippen LogP contribution in [0.2, 0.25) is 0 Å². The fraction of sp³-hybridized carbons (Fsp3) is 1.00. The maximum atomic E-state index is 4.73. The Morgan fingerprint density at radius 1 is 0.818 bits per heavy atom. The third-order valence-corrected chi connectivity index (χ3v) is 0.878. The zero-order valence-electron chi connectivity index (χ0n) is 7.29. The molecule has 0 amide bonds. The van der Waals surface area contributed by atoms with Crippen molar-refractivity contribution in [3.05, 3.63) is 0 Å². The van der Waals surface area contributed by atoms with E-state index in [1.165, 1.54) is 0 Å². The standard InChI is InChI=1S/C6H15O4P/c1-5(2)7-9-11-10-8-6(3)4/h5-6,11H,1-4H3. The molecule has 0 aliphatic heterocycles. The highest BCUT2D eigenvalue weighted by Crippen LogP contribution is 2.16. The average Bonchev–Trinajstić information content (AvgIpc) is 1.85. The molecule has 0 spiro atoms. The molecular formula is C6H15O4P. The lowest BCUT2D eigenvalue weighted by molar-refractivity contribution is -0.275. The van der Waals surface area contributed by atoms with Crippen LogP contribution in [0.25, 0.3) is 0 Å². The van der Waals surface area contributed by atoms with Crippen molar-refractivity contribution in [1.82, 2.24) is 0 Å². The molecule has 0 fully saturated rings. The molecule has 11 heavy (non-hydrogen) atoms. The molecule has 0 aliphatic carbocycles.